The van der Waals surface area contributed by atoms with Gasteiger partial charge in [0.05, 0.1) is 10.6 Å². The van der Waals surface area contributed by atoms with Crippen LogP contribution < -0.4 is 5.14 Å². The highest BCUT2D eigenvalue weighted by Gasteiger charge is 2.22. The van der Waals surface area contributed by atoms with Crippen molar-refractivity contribution in [1.82, 2.24) is 4.90 Å². The van der Waals surface area contributed by atoms with E-state index in [0.717, 1.165) is 0 Å². The number of primary sulfonamides is 1. The first kappa shape index (κ1) is 18.4. The zero-order valence-corrected chi connectivity index (χ0v) is 14.8. The van der Waals surface area contributed by atoms with Crippen LogP contribution >= 0.6 is 27.5 Å². The molecule has 9 heteroatoms. The van der Waals surface area contributed by atoms with Crippen molar-refractivity contribution in [1.29, 1.82) is 0 Å². The maximum absolute atomic E-state index is 12.3. The lowest BCUT2D eigenvalue weighted by Crippen LogP contribution is -2.29. The van der Waals surface area contributed by atoms with Crippen LogP contribution in [-0.2, 0) is 14.8 Å². The van der Waals surface area contributed by atoms with Crippen molar-refractivity contribution in [2.24, 2.45) is 5.14 Å². The zero-order valence-electron chi connectivity index (χ0n) is 11.6. The van der Waals surface area contributed by atoms with E-state index in [9.17, 15) is 13.2 Å². The number of nitrogens with two attached hydrogens (primary N) is 1. The smallest absolute Gasteiger partial charge is 0.255 e. The van der Waals surface area contributed by atoms with Gasteiger partial charge in [-0.15, -0.1) is 0 Å². The molecule has 21 heavy (non-hydrogen) atoms. The van der Waals surface area contributed by atoms with Gasteiger partial charge in [0.2, 0.25) is 10.0 Å². The molecule has 0 aliphatic carbocycles. The fourth-order valence-corrected chi connectivity index (χ4v) is 3.45. The Morgan fingerprint density at radius 2 is 2.10 bits per heavy atom. The molecule has 1 aromatic carbocycles. The number of hydrogen-bond donors (Lipinski definition) is 1. The number of carbonyl (C=O) groups is 1. The van der Waals surface area contributed by atoms with Crippen molar-refractivity contribution in [2.75, 3.05) is 27.3 Å². The van der Waals surface area contributed by atoms with Crippen molar-refractivity contribution < 1.29 is 17.9 Å². The minimum atomic E-state index is -4.01. The van der Waals surface area contributed by atoms with Crippen molar-refractivity contribution in [3.8, 4) is 0 Å². The fraction of sp³-hybridized carbons (Fsp3) is 0.417. The molecule has 0 aliphatic rings. The lowest BCUT2D eigenvalue weighted by Gasteiger charge is -2.18. The quantitative estimate of drug-likeness (QED) is 0.739. The van der Waals surface area contributed by atoms with Crippen molar-refractivity contribution in [2.45, 2.75) is 11.3 Å². The summed E-state index contributed by atoms with van der Waals surface area (Å²) in [6.45, 7) is 0.979. The summed E-state index contributed by atoms with van der Waals surface area (Å²) in [6.07, 6.45) is 0.659. The SMILES string of the molecule is COCCCN(C)C(=O)c1cc(Br)cc(S(N)(=O)=O)c1Cl. The average Bonchev–Trinajstić information content (AvgIpc) is 2.39. The number of halogens is 2. The predicted octanol–water partition coefficient (Wildman–Crippen LogP) is 1.86. The van der Waals surface area contributed by atoms with Gasteiger partial charge in [0.15, 0.2) is 0 Å². The van der Waals surface area contributed by atoms with Crippen molar-refractivity contribution in [3.05, 3.63) is 27.2 Å². The average molecular weight is 400 g/mol. The highest BCUT2D eigenvalue weighted by molar-refractivity contribution is 9.10. The van der Waals surface area contributed by atoms with Gasteiger partial charge in [0.1, 0.15) is 4.90 Å². The topological polar surface area (TPSA) is 89.7 Å². The molecule has 0 spiro atoms. The highest BCUT2D eigenvalue weighted by Crippen LogP contribution is 2.29. The number of amides is 1. The Balaban J connectivity index is 3.13. The fourth-order valence-electron chi connectivity index (χ4n) is 1.68. The molecule has 0 unspecified atom stereocenters. The second-order valence-corrected chi connectivity index (χ2v) is 7.21. The number of nitrogens with zero attached hydrogens (tertiary/aromatic N) is 1. The minimum absolute atomic E-state index is 0.0787. The molecule has 6 nitrogen and oxygen atoms in total. The largest absolute Gasteiger partial charge is 0.385 e. The van der Waals surface area contributed by atoms with Crippen LogP contribution in [0.25, 0.3) is 0 Å². The molecule has 0 saturated heterocycles. The van der Waals surface area contributed by atoms with E-state index in [2.05, 4.69) is 15.9 Å². The van der Waals surface area contributed by atoms with E-state index in [0.29, 0.717) is 24.0 Å². The van der Waals surface area contributed by atoms with Crippen LogP contribution in [0.2, 0.25) is 5.02 Å². The summed E-state index contributed by atoms with van der Waals surface area (Å²) in [5, 5.41) is 4.92. The molecule has 2 N–H and O–H groups in total. The van der Waals surface area contributed by atoms with E-state index in [1.54, 1.807) is 14.2 Å². The number of hydrogen-bond acceptors (Lipinski definition) is 4. The van der Waals surface area contributed by atoms with Crippen LogP contribution in [0, 0.1) is 0 Å². The third kappa shape index (κ3) is 4.93. The summed E-state index contributed by atoms with van der Waals surface area (Å²) in [5.41, 5.74) is 0.0787. The molecule has 0 bridgehead atoms. The van der Waals surface area contributed by atoms with Crippen molar-refractivity contribution in [3.63, 3.8) is 0 Å². The van der Waals surface area contributed by atoms with E-state index in [-0.39, 0.29) is 21.4 Å². The van der Waals surface area contributed by atoms with Gasteiger partial charge in [-0.1, -0.05) is 27.5 Å². The minimum Gasteiger partial charge on any atom is -0.385 e. The lowest BCUT2D eigenvalue weighted by molar-refractivity contribution is 0.0779. The number of rotatable bonds is 6. The number of carbonyl (C=O) groups excluding carboxylic acids is 1. The Kier molecular flexibility index (Phi) is 6.61. The molecule has 0 fully saturated rings. The van der Waals surface area contributed by atoms with E-state index in [4.69, 9.17) is 21.5 Å². The maximum Gasteiger partial charge on any atom is 0.255 e. The number of methoxy groups -OCH3 is 1. The van der Waals surface area contributed by atoms with Gasteiger partial charge in [-0.3, -0.25) is 4.79 Å². The highest BCUT2D eigenvalue weighted by atomic mass is 79.9. The van der Waals surface area contributed by atoms with E-state index in [1.807, 2.05) is 0 Å². The molecule has 0 atom stereocenters. The summed E-state index contributed by atoms with van der Waals surface area (Å²) >= 11 is 9.17. The number of ether oxygens (including phenoxy) is 1. The Morgan fingerprint density at radius 3 is 2.62 bits per heavy atom. The normalized spacial score (nSPS) is 11.5. The summed E-state index contributed by atoms with van der Waals surface area (Å²) in [6, 6.07) is 2.73. The second-order valence-electron chi connectivity index (χ2n) is 4.38. The van der Waals surface area contributed by atoms with Gasteiger partial charge in [-0.2, -0.15) is 0 Å². The molecule has 118 valence electrons. The molecule has 1 amide bonds. The standard InChI is InChI=1S/C12H16BrClN2O4S/c1-16(4-3-5-20-2)12(17)9-6-8(13)7-10(11(9)14)21(15,18)19/h6-7H,3-5H2,1-2H3,(H2,15,18,19). The van der Waals surface area contributed by atoms with Gasteiger partial charge >= 0.3 is 0 Å². The third-order valence-corrected chi connectivity index (χ3v) is 4.64. The molecule has 1 rings (SSSR count). The third-order valence-electron chi connectivity index (χ3n) is 2.73. The molecule has 0 radical (unpaired) electrons. The van der Waals surface area contributed by atoms with Crippen LogP contribution in [0.15, 0.2) is 21.5 Å². The number of sulfonamides is 1. The van der Waals surface area contributed by atoms with Crippen LogP contribution in [0.3, 0.4) is 0 Å². The van der Waals surface area contributed by atoms with Crippen LogP contribution in [-0.4, -0.2) is 46.5 Å². The molecule has 1 aromatic rings. The predicted molar refractivity (Wildman–Crippen MR) is 84.0 cm³/mol. The Bertz CT molecular complexity index is 636. The molecule has 0 aliphatic heterocycles. The summed E-state index contributed by atoms with van der Waals surface area (Å²) in [5.74, 6) is -0.387. The van der Waals surface area contributed by atoms with E-state index in [1.165, 1.54) is 17.0 Å². The summed E-state index contributed by atoms with van der Waals surface area (Å²) < 4.78 is 28.3. The van der Waals surface area contributed by atoms with Crippen LogP contribution in [0.4, 0.5) is 0 Å². The Hall–Kier alpha value is -0.670. The van der Waals surface area contributed by atoms with Gasteiger partial charge < -0.3 is 9.64 Å². The Labute approximate surface area is 137 Å². The molecular formula is C12H16BrClN2O4S. The van der Waals surface area contributed by atoms with Crippen LogP contribution in [0.1, 0.15) is 16.8 Å². The monoisotopic (exact) mass is 398 g/mol. The van der Waals surface area contributed by atoms with Gasteiger partial charge in [0, 0.05) is 31.8 Å². The maximum atomic E-state index is 12.3. The van der Waals surface area contributed by atoms with Gasteiger partial charge in [-0.25, -0.2) is 13.6 Å². The molecular weight excluding hydrogens is 384 g/mol. The lowest BCUT2D eigenvalue weighted by atomic mass is 10.2. The van der Waals surface area contributed by atoms with E-state index < -0.39 is 10.0 Å². The van der Waals surface area contributed by atoms with Crippen molar-refractivity contribution >= 4 is 43.5 Å². The number of benzene rings is 1. The van der Waals surface area contributed by atoms with Gasteiger partial charge in [0.25, 0.3) is 5.91 Å². The summed E-state index contributed by atoms with van der Waals surface area (Å²) in [7, 11) is -0.833. The zero-order chi connectivity index (χ0) is 16.2. The Morgan fingerprint density at radius 1 is 1.48 bits per heavy atom. The first-order valence-corrected chi connectivity index (χ1v) is 8.66. The molecule has 0 saturated carbocycles. The molecule has 0 heterocycles. The molecule has 0 aromatic heterocycles. The first-order valence-electron chi connectivity index (χ1n) is 5.94. The second kappa shape index (κ2) is 7.55. The van der Waals surface area contributed by atoms with Gasteiger partial charge in [-0.05, 0) is 18.6 Å². The van der Waals surface area contributed by atoms with Crippen LogP contribution in [0.5, 0.6) is 0 Å². The first-order chi connectivity index (χ1) is 9.68. The summed E-state index contributed by atoms with van der Waals surface area (Å²) in [4.78, 5) is 13.5. The van der Waals surface area contributed by atoms with E-state index >= 15 is 0 Å².